The SMILES string of the molecule is CCN(CCO)C(=O)c1cccc(-n2ccnn2)c1. The zero-order chi connectivity index (χ0) is 13.7. The first kappa shape index (κ1) is 13.2. The van der Waals surface area contributed by atoms with Crippen LogP contribution in [0.3, 0.4) is 0 Å². The average Bonchev–Trinajstić information content (AvgIpc) is 2.98. The van der Waals surface area contributed by atoms with Gasteiger partial charge in [0.2, 0.25) is 0 Å². The highest BCUT2D eigenvalue weighted by molar-refractivity contribution is 5.94. The Morgan fingerprint density at radius 1 is 1.47 bits per heavy atom. The van der Waals surface area contributed by atoms with E-state index >= 15 is 0 Å². The van der Waals surface area contributed by atoms with Gasteiger partial charge in [-0.3, -0.25) is 4.79 Å². The predicted molar refractivity (Wildman–Crippen MR) is 70.0 cm³/mol. The number of nitrogens with zero attached hydrogens (tertiary/aromatic N) is 4. The van der Waals surface area contributed by atoms with Gasteiger partial charge in [-0.2, -0.15) is 0 Å². The molecule has 6 heteroatoms. The normalized spacial score (nSPS) is 10.4. The topological polar surface area (TPSA) is 71.2 Å². The Hall–Kier alpha value is -2.21. The van der Waals surface area contributed by atoms with Crippen molar-refractivity contribution in [3.63, 3.8) is 0 Å². The summed E-state index contributed by atoms with van der Waals surface area (Å²) in [6, 6.07) is 7.17. The van der Waals surface area contributed by atoms with E-state index in [-0.39, 0.29) is 12.5 Å². The molecule has 6 nitrogen and oxygen atoms in total. The van der Waals surface area contributed by atoms with E-state index in [2.05, 4.69) is 10.3 Å². The van der Waals surface area contributed by atoms with Crippen LogP contribution < -0.4 is 0 Å². The molecule has 0 aliphatic heterocycles. The van der Waals surface area contributed by atoms with Crippen LogP contribution in [0, 0.1) is 0 Å². The minimum absolute atomic E-state index is 0.0393. The molecule has 100 valence electrons. The summed E-state index contributed by atoms with van der Waals surface area (Å²) in [4.78, 5) is 13.9. The van der Waals surface area contributed by atoms with Gasteiger partial charge in [0.1, 0.15) is 0 Å². The average molecular weight is 260 g/mol. The van der Waals surface area contributed by atoms with E-state index in [1.165, 1.54) is 0 Å². The molecule has 1 aromatic carbocycles. The molecule has 2 rings (SSSR count). The van der Waals surface area contributed by atoms with Gasteiger partial charge in [0.15, 0.2) is 0 Å². The van der Waals surface area contributed by atoms with Crippen LogP contribution in [0.1, 0.15) is 17.3 Å². The fourth-order valence-electron chi connectivity index (χ4n) is 1.83. The zero-order valence-electron chi connectivity index (χ0n) is 10.7. The number of hydrogen-bond donors (Lipinski definition) is 1. The van der Waals surface area contributed by atoms with Gasteiger partial charge in [-0.1, -0.05) is 11.3 Å². The highest BCUT2D eigenvalue weighted by atomic mass is 16.3. The van der Waals surface area contributed by atoms with Crippen molar-refractivity contribution in [2.75, 3.05) is 19.7 Å². The Bertz CT molecular complexity index is 539. The molecule has 0 unspecified atom stereocenters. The summed E-state index contributed by atoms with van der Waals surface area (Å²) < 4.78 is 1.60. The van der Waals surface area contributed by atoms with Crippen LogP contribution in [0.4, 0.5) is 0 Å². The first-order chi connectivity index (χ1) is 9.26. The van der Waals surface area contributed by atoms with Crippen molar-refractivity contribution in [1.82, 2.24) is 19.9 Å². The van der Waals surface area contributed by atoms with Gasteiger partial charge in [-0.05, 0) is 25.1 Å². The van der Waals surface area contributed by atoms with E-state index in [0.29, 0.717) is 18.7 Å². The lowest BCUT2D eigenvalue weighted by molar-refractivity contribution is 0.0732. The number of carbonyl (C=O) groups excluding carboxylic acids is 1. The van der Waals surface area contributed by atoms with Crippen molar-refractivity contribution in [1.29, 1.82) is 0 Å². The minimum atomic E-state index is -0.0986. The fraction of sp³-hybridized carbons (Fsp3) is 0.308. The number of amides is 1. The summed E-state index contributed by atoms with van der Waals surface area (Å²) in [5.41, 5.74) is 1.35. The molecular formula is C13H16N4O2. The van der Waals surface area contributed by atoms with Gasteiger partial charge in [0.25, 0.3) is 5.91 Å². The van der Waals surface area contributed by atoms with Crippen molar-refractivity contribution in [2.45, 2.75) is 6.92 Å². The molecule has 0 fully saturated rings. The molecule has 1 amide bonds. The second-order valence-electron chi connectivity index (χ2n) is 4.01. The number of benzene rings is 1. The maximum absolute atomic E-state index is 12.3. The lowest BCUT2D eigenvalue weighted by Gasteiger charge is -2.19. The maximum Gasteiger partial charge on any atom is 0.253 e. The Morgan fingerprint density at radius 3 is 2.95 bits per heavy atom. The highest BCUT2D eigenvalue weighted by Crippen LogP contribution is 2.11. The Labute approximate surface area is 111 Å². The Kier molecular flexibility index (Phi) is 4.25. The first-order valence-electron chi connectivity index (χ1n) is 6.13. The summed E-state index contributed by atoms with van der Waals surface area (Å²) in [6.07, 6.45) is 3.30. The summed E-state index contributed by atoms with van der Waals surface area (Å²) >= 11 is 0. The monoisotopic (exact) mass is 260 g/mol. The molecule has 0 saturated carbocycles. The summed E-state index contributed by atoms with van der Waals surface area (Å²) in [5, 5.41) is 16.6. The summed E-state index contributed by atoms with van der Waals surface area (Å²) in [5.74, 6) is -0.0986. The lowest BCUT2D eigenvalue weighted by atomic mass is 10.1. The lowest BCUT2D eigenvalue weighted by Crippen LogP contribution is -2.33. The van der Waals surface area contributed by atoms with Crippen LogP contribution in [-0.4, -0.2) is 50.6 Å². The third kappa shape index (κ3) is 2.97. The van der Waals surface area contributed by atoms with Gasteiger partial charge < -0.3 is 10.0 Å². The number of aromatic nitrogens is 3. The van der Waals surface area contributed by atoms with Crippen molar-refractivity contribution in [3.05, 3.63) is 42.2 Å². The summed E-state index contributed by atoms with van der Waals surface area (Å²) in [6.45, 7) is 2.74. The number of hydrogen-bond acceptors (Lipinski definition) is 4. The first-order valence-corrected chi connectivity index (χ1v) is 6.13. The molecule has 0 radical (unpaired) electrons. The predicted octanol–water partition coefficient (Wildman–Crippen LogP) is 0.722. The number of likely N-dealkylation sites (N-methyl/N-ethyl adjacent to an activating group) is 1. The highest BCUT2D eigenvalue weighted by Gasteiger charge is 2.14. The molecule has 19 heavy (non-hydrogen) atoms. The number of aliphatic hydroxyl groups excluding tert-OH is 1. The van der Waals surface area contributed by atoms with Crippen LogP contribution in [0.25, 0.3) is 5.69 Å². The van der Waals surface area contributed by atoms with E-state index in [1.807, 2.05) is 13.0 Å². The van der Waals surface area contributed by atoms with E-state index in [9.17, 15) is 4.79 Å². The van der Waals surface area contributed by atoms with Gasteiger partial charge in [0, 0.05) is 18.7 Å². The molecule has 0 saturated heterocycles. The smallest absolute Gasteiger partial charge is 0.253 e. The number of rotatable bonds is 5. The van der Waals surface area contributed by atoms with Gasteiger partial charge in [-0.15, -0.1) is 5.10 Å². The largest absolute Gasteiger partial charge is 0.395 e. The van der Waals surface area contributed by atoms with Crippen LogP contribution >= 0.6 is 0 Å². The van der Waals surface area contributed by atoms with Crippen molar-refractivity contribution in [2.24, 2.45) is 0 Å². The van der Waals surface area contributed by atoms with Crippen LogP contribution in [0.5, 0.6) is 0 Å². The third-order valence-electron chi connectivity index (χ3n) is 2.82. The molecule has 0 aliphatic carbocycles. The Morgan fingerprint density at radius 2 is 2.32 bits per heavy atom. The van der Waals surface area contributed by atoms with Crippen molar-refractivity contribution < 1.29 is 9.90 Å². The molecule has 1 N–H and O–H groups in total. The van der Waals surface area contributed by atoms with E-state index < -0.39 is 0 Å². The molecule has 1 heterocycles. The Balaban J connectivity index is 2.25. The molecule has 0 aliphatic rings. The van der Waals surface area contributed by atoms with Crippen molar-refractivity contribution >= 4 is 5.91 Å². The second kappa shape index (κ2) is 6.10. The molecule has 0 atom stereocenters. The quantitative estimate of drug-likeness (QED) is 0.860. The third-order valence-corrected chi connectivity index (χ3v) is 2.82. The van der Waals surface area contributed by atoms with E-state index in [4.69, 9.17) is 5.11 Å². The zero-order valence-corrected chi connectivity index (χ0v) is 10.7. The van der Waals surface area contributed by atoms with Gasteiger partial charge in [0.05, 0.1) is 24.7 Å². The van der Waals surface area contributed by atoms with Crippen molar-refractivity contribution in [3.8, 4) is 5.69 Å². The fourth-order valence-corrected chi connectivity index (χ4v) is 1.83. The van der Waals surface area contributed by atoms with Crippen LogP contribution in [0.15, 0.2) is 36.7 Å². The standard InChI is InChI=1S/C13H16N4O2/c1-2-16(8-9-18)13(19)11-4-3-5-12(10-11)17-7-6-14-15-17/h3-7,10,18H,2,8-9H2,1H3. The van der Waals surface area contributed by atoms with Gasteiger partial charge >= 0.3 is 0 Å². The van der Waals surface area contributed by atoms with Crippen LogP contribution in [-0.2, 0) is 0 Å². The molecular weight excluding hydrogens is 244 g/mol. The second-order valence-corrected chi connectivity index (χ2v) is 4.01. The van der Waals surface area contributed by atoms with E-state index in [0.717, 1.165) is 5.69 Å². The van der Waals surface area contributed by atoms with Crippen LogP contribution in [0.2, 0.25) is 0 Å². The minimum Gasteiger partial charge on any atom is -0.395 e. The molecule has 0 spiro atoms. The number of aliphatic hydroxyl groups is 1. The molecule has 1 aromatic heterocycles. The molecule has 2 aromatic rings. The van der Waals surface area contributed by atoms with E-state index in [1.54, 1.807) is 40.2 Å². The molecule has 0 bridgehead atoms. The maximum atomic E-state index is 12.3. The van der Waals surface area contributed by atoms with Gasteiger partial charge in [-0.25, -0.2) is 4.68 Å². The number of carbonyl (C=O) groups is 1. The summed E-state index contributed by atoms with van der Waals surface area (Å²) in [7, 11) is 0.